The highest BCUT2D eigenvalue weighted by Gasteiger charge is 2.19. The van der Waals surface area contributed by atoms with Crippen LogP contribution in [0.25, 0.3) is 0 Å². The summed E-state index contributed by atoms with van der Waals surface area (Å²) in [4.78, 5) is 0. The van der Waals surface area contributed by atoms with Crippen molar-refractivity contribution in [3.8, 4) is 0 Å². The summed E-state index contributed by atoms with van der Waals surface area (Å²) in [5, 5.41) is 0.977. The van der Waals surface area contributed by atoms with Gasteiger partial charge in [0.25, 0.3) is 0 Å². The maximum atomic E-state index is 5.92. The molecule has 0 unspecified atom stereocenters. The van der Waals surface area contributed by atoms with Crippen molar-refractivity contribution in [2.75, 3.05) is 0 Å². The molecule has 1 rings (SSSR count). The molecule has 0 saturated carbocycles. The molecule has 0 radical (unpaired) electrons. The molecule has 0 N–H and O–H groups in total. The van der Waals surface area contributed by atoms with Crippen molar-refractivity contribution in [2.45, 2.75) is 27.2 Å². The summed E-state index contributed by atoms with van der Waals surface area (Å²) in [6.45, 7) is 6.49. The van der Waals surface area contributed by atoms with Crippen molar-refractivity contribution < 1.29 is 0 Å². The Morgan fingerprint density at radius 1 is 1.50 bits per heavy atom. The summed E-state index contributed by atoms with van der Waals surface area (Å²) >= 11 is 5.92. The Morgan fingerprint density at radius 3 is 2.50 bits per heavy atom. The molecule has 0 amide bonds. The van der Waals surface area contributed by atoms with E-state index in [0.717, 1.165) is 11.5 Å². The molecule has 0 nitrogen and oxygen atoms in total. The first-order valence-corrected chi connectivity index (χ1v) is 3.93. The summed E-state index contributed by atoms with van der Waals surface area (Å²) < 4.78 is 0. The number of rotatable bonds is 0. The van der Waals surface area contributed by atoms with Crippen LogP contribution < -0.4 is 0 Å². The van der Waals surface area contributed by atoms with Crippen molar-refractivity contribution in [3.05, 3.63) is 22.8 Å². The Labute approximate surface area is 67.6 Å². The number of allylic oxidation sites excluding steroid dienone is 4. The van der Waals surface area contributed by atoms with Gasteiger partial charge in [-0.1, -0.05) is 37.1 Å². The molecule has 0 fully saturated rings. The van der Waals surface area contributed by atoms with Crippen LogP contribution in [0.1, 0.15) is 27.2 Å². The maximum absolute atomic E-state index is 5.92. The van der Waals surface area contributed by atoms with Gasteiger partial charge in [0.05, 0.1) is 0 Å². The molecule has 10 heavy (non-hydrogen) atoms. The smallest absolute Gasteiger partial charge is 0.0191 e. The van der Waals surface area contributed by atoms with Gasteiger partial charge in [-0.05, 0) is 24.8 Å². The maximum Gasteiger partial charge on any atom is 0.0191 e. The Kier molecular flexibility index (Phi) is 1.91. The summed E-state index contributed by atoms with van der Waals surface area (Å²) in [5.41, 5.74) is 1.54. The van der Waals surface area contributed by atoms with Gasteiger partial charge in [0.1, 0.15) is 0 Å². The van der Waals surface area contributed by atoms with Crippen LogP contribution in [0.15, 0.2) is 22.8 Å². The minimum Gasteiger partial charge on any atom is -0.0891 e. The van der Waals surface area contributed by atoms with E-state index >= 15 is 0 Å². The molecule has 1 heteroatoms. The zero-order valence-corrected chi connectivity index (χ0v) is 7.50. The lowest BCUT2D eigenvalue weighted by atomic mass is 9.84. The molecule has 0 aromatic carbocycles. The Balaban J connectivity index is 2.88. The van der Waals surface area contributed by atoms with Crippen molar-refractivity contribution in [3.63, 3.8) is 0 Å². The van der Waals surface area contributed by atoms with Crippen molar-refractivity contribution >= 4 is 11.6 Å². The van der Waals surface area contributed by atoms with Crippen LogP contribution in [0.5, 0.6) is 0 Å². The average Bonchev–Trinajstić information content (AvgIpc) is 1.54. The molecular weight excluding hydrogens is 144 g/mol. The molecule has 0 bridgehead atoms. The van der Waals surface area contributed by atoms with Gasteiger partial charge in [-0.15, -0.1) is 0 Å². The second kappa shape index (κ2) is 2.43. The van der Waals surface area contributed by atoms with Gasteiger partial charge in [0.15, 0.2) is 0 Å². The van der Waals surface area contributed by atoms with Crippen LogP contribution in [0.4, 0.5) is 0 Å². The second-order valence-electron chi connectivity index (χ2n) is 3.64. The molecule has 0 atom stereocenters. The van der Waals surface area contributed by atoms with Crippen molar-refractivity contribution in [1.82, 2.24) is 0 Å². The van der Waals surface area contributed by atoms with E-state index in [1.807, 2.05) is 6.08 Å². The van der Waals surface area contributed by atoms with Gasteiger partial charge >= 0.3 is 0 Å². The third kappa shape index (κ3) is 1.88. The lowest BCUT2D eigenvalue weighted by Gasteiger charge is -2.24. The fourth-order valence-corrected chi connectivity index (χ4v) is 1.96. The van der Waals surface area contributed by atoms with Crippen LogP contribution in [-0.4, -0.2) is 0 Å². The van der Waals surface area contributed by atoms with Crippen molar-refractivity contribution in [1.29, 1.82) is 0 Å². The highest BCUT2D eigenvalue weighted by molar-refractivity contribution is 6.29. The van der Waals surface area contributed by atoms with E-state index in [2.05, 4.69) is 26.8 Å². The third-order valence-corrected chi connectivity index (χ3v) is 1.87. The van der Waals surface area contributed by atoms with Gasteiger partial charge in [0, 0.05) is 5.03 Å². The highest BCUT2D eigenvalue weighted by atomic mass is 35.5. The molecule has 0 aromatic heterocycles. The van der Waals surface area contributed by atoms with E-state index in [1.54, 1.807) is 0 Å². The second-order valence-corrected chi connectivity index (χ2v) is 4.13. The zero-order valence-electron chi connectivity index (χ0n) is 6.74. The van der Waals surface area contributed by atoms with E-state index in [0.29, 0.717) is 0 Å². The van der Waals surface area contributed by atoms with Crippen LogP contribution in [0, 0.1) is 5.41 Å². The van der Waals surface area contributed by atoms with Crippen molar-refractivity contribution in [2.24, 2.45) is 5.41 Å². The first kappa shape index (κ1) is 7.87. The van der Waals surface area contributed by atoms with Gasteiger partial charge in [-0.25, -0.2) is 0 Å². The lowest BCUT2D eigenvalue weighted by molar-refractivity contribution is 0.476. The fraction of sp³-hybridized carbons (Fsp3) is 0.556. The summed E-state index contributed by atoms with van der Waals surface area (Å²) in [6.07, 6.45) is 5.28. The van der Waals surface area contributed by atoms with Gasteiger partial charge in [-0.3, -0.25) is 0 Å². The van der Waals surface area contributed by atoms with E-state index in [9.17, 15) is 0 Å². The van der Waals surface area contributed by atoms with E-state index < -0.39 is 0 Å². The molecule has 0 aromatic rings. The average molecular weight is 157 g/mol. The monoisotopic (exact) mass is 156 g/mol. The van der Waals surface area contributed by atoms with Crippen LogP contribution in [-0.2, 0) is 0 Å². The number of hydrogen-bond donors (Lipinski definition) is 0. The predicted octanol–water partition coefficient (Wildman–Crippen LogP) is 3.49. The summed E-state index contributed by atoms with van der Waals surface area (Å²) in [7, 11) is 0. The first-order chi connectivity index (χ1) is 4.49. The first-order valence-electron chi connectivity index (χ1n) is 3.55. The van der Waals surface area contributed by atoms with Crippen LogP contribution in [0.2, 0.25) is 0 Å². The Hall–Kier alpha value is -0.230. The van der Waals surface area contributed by atoms with Gasteiger partial charge in [-0.2, -0.15) is 0 Å². The standard InChI is InChI=1S/C9H13Cl/c1-7-4-8(10)6-9(2,3)5-7/h4-5H,6H2,1-3H3. The molecule has 1 aliphatic carbocycles. The quantitative estimate of drug-likeness (QED) is 0.504. The fourth-order valence-electron chi connectivity index (χ4n) is 1.44. The Morgan fingerprint density at radius 2 is 2.10 bits per heavy atom. The third-order valence-electron chi connectivity index (χ3n) is 1.63. The summed E-state index contributed by atoms with van der Waals surface area (Å²) in [6, 6.07) is 0. The van der Waals surface area contributed by atoms with E-state index in [4.69, 9.17) is 11.6 Å². The molecule has 0 saturated heterocycles. The topological polar surface area (TPSA) is 0 Å². The predicted molar refractivity (Wildman–Crippen MR) is 46.1 cm³/mol. The minimum atomic E-state index is 0.260. The number of halogens is 1. The largest absolute Gasteiger partial charge is 0.0891 e. The van der Waals surface area contributed by atoms with Gasteiger partial charge < -0.3 is 0 Å². The van der Waals surface area contributed by atoms with E-state index in [-0.39, 0.29) is 5.41 Å². The highest BCUT2D eigenvalue weighted by Crippen LogP contribution is 2.34. The minimum absolute atomic E-state index is 0.260. The number of hydrogen-bond acceptors (Lipinski definition) is 0. The molecular formula is C9H13Cl. The zero-order chi connectivity index (χ0) is 7.78. The van der Waals surface area contributed by atoms with Crippen LogP contribution >= 0.6 is 11.6 Å². The van der Waals surface area contributed by atoms with E-state index in [1.165, 1.54) is 5.57 Å². The SMILES string of the molecule is CC1=CC(C)(C)CC(Cl)=C1. The van der Waals surface area contributed by atoms with Gasteiger partial charge in [0.2, 0.25) is 0 Å². The Bertz CT molecular complexity index is 197. The molecule has 1 aliphatic rings. The normalized spacial score (nSPS) is 23.6. The summed E-state index contributed by atoms with van der Waals surface area (Å²) in [5.74, 6) is 0. The lowest BCUT2D eigenvalue weighted by Crippen LogP contribution is -2.10. The molecule has 0 spiro atoms. The molecule has 0 aliphatic heterocycles. The molecule has 0 heterocycles. The van der Waals surface area contributed by atoms with Crippen LogP contribution in [0.3, 0.4) is 0 Å². The molecule has 56 valence electrons.